The maximum atomic E-state index is 11.9. The van der Waals surface area contributed by atoms with Crippen molar-refractivity contribution in [2.24, 2.45) is 5.92 Å². The number of hydrogen-bond acceptors (Lipinski definition) is 3. The van der Waals surface area contributed by atoms with E-state index < -0.39 is 6.23 Å². The molecule has 0 aliphatic carbocycles. The molecule has 4 heteroatoms. The summed E-state index contributed by atoms with van der Waals surface area (Å²) in [5, 5.41) is 16.5. The van der Waals surface area contributed by atoms with E-state index in [1.54, 1.807) is 0 Å². The molecule has 3 N–H and O–H groups in total. The van der Waals surface area contributed by atoms with Crippen LogP contribution < -0.4 is 10.6 Å². The Labute approximate surface area is 137 Å². The molecule has 0 aliphatic rings. The third-order valence-electron chi connectivity index (χ3n) is 3.86. The Morgan fingerprint density at radius 1 is 1.09 bits per heavy atom. The minimum atomic E-state index is -0.475. The van der Waals surface area contributed by atoms with E-state index in [0.29, 0.717) is 12.3 Å². The highest BCUT2D eigenvalue weighted by Gasteiger charge is 2.27. The van der Waals surface area contributed by atoms with Crippen LogP contribution >= 0.6 is 0 Å². The van der Waals surface area contributed by atoms with Gasteiger partial charge in [0.2, 0.25) is 5.91 Å². The van der Waals surface area contributed by atoms with Gasteiger partial charge in [0.1, 0.15) is 6.23 Å². The molecule has 0 saturated heterocycles. The maximum Gasteiger partial charge on any atom is 0.220 e. The summed E-state index contributed by atoms with van der Waals surface area (Å²) in [5.74, 6) is 0.602. The quantitative estimate of drug-likeness (QED) is 0.511. The van der Waals surface area contributed by atoms with E-state index in [2.05, 4.69) is 59.1 Å². The van der Waals surface area contributed by atoms with Crippen molar-refractivity contribution in [3.63, 3.8) is 0 Å². The first kappa shape index (κ1) is 21.4. The van der Waals surface area contributed by atoms with Crippen molar-refractivity contribution >= 4 is 5.91 Å². The van der Waals surface area contributed by atoms with Crippen LogP contribution in [0.25, 0.3) is 0 Å². The van der Waals surface area contributed by atoms with E-state index in [-0.39, 0.29) is 17.0 Å². The fourth-order valence-electron chi connectivity index (χ4n) is 2.49. The number of aliphatic hydroxyl groups is 1. The van der Waals surface area contributed by atoms with Gasteiger partial charge in [-0.25, -0.2) is 0 Å². The third-order valence-corrected chi connectivity index (χ3v) is 3.86. The van der Waals surface area contributed by atoms with Crippen LogP contribution in [0.1, 0.15) is 87.0 Å². The molecule has 0 heterocycles. The molecule has 0 aliphatic heterocycles. The second-order valence-electron chi connectivity index (χ2n) is 8.21. The van der Waals surface area contributed by atoms with Crippen LogP contribution in [0.5, 0.6) is 0 Å². The molecule has 0 radical (unpaired) electrons. The van der Waals surface area contributed by atoms with Crippen molar-refractivity contribution in [3.05, 3.63) is 0 Å². The lowest BCUT2D eigenvalue weighted by molar-refractivity contribution is -0.122. The Morgan fingerprint density at radius 3 is 2.14 bits per heavy atom. The zero-order chi connectivity index (χ0) is 17.4. The fourth-order valence-corrected chi connectivity index (χ4v) is 2.49. The van der Waals surface area contributed by atoms with Gasteiger partial charge in [-0.1, -0.05) is 27.2 Å². The monoisotopic (exact) mass is 314 g/mol. The summed E-state index contributed by atoms with van der Waals surface area (Å²) in [6, 6.07) is 0. The van der Waals surface area contributed by atoms with Crippen LogP contribution in [0.2, 0.25) is 0 Å². The third kappa shape index (κ3) is 11.0. The van der Waals surface area contributed by atoms with Gasteiger partial charge in [0, 0.05) is 17.5 Å². The summed E-state index contributed by atoms with van der Waals surface area (Å²) in [7, 11) is 0. The molecule has 0 aromatic rings. The molecular weight excluding hydrogens is 276 g/mol. The predicted octanol–water partition coefficient (Wildman–Crippen LogP) is 3.58. The highest BCUT2D eigenvalue weighted by atomic mass is 16.3. The average molecular weight is 315 g/mol. The molecule has 0 saturated carbocycles. The fraction of sp³-hybridized carbons (Fsp3) is 0.944. The summed E-state index contributed by atoms with van der Waals surface area (Å²) in [5.41, 5.74) is -0.369. The lowest BCUT2D eigenvalue weighted by Gasteiger charge is -2.34. The summed E-state index contributed by atoms with van der Waals surface area (Å²) in [6.07, 6.45) is 4.63. The molecule has 0 spiro atoms. The minimum Gasteiger partial charge on any atom is -0.379 e. The number of unbranched alkanes of at least 4 members (excludes halogenated alkanes) is 1. The van der Waals surface area contributed by atoms with Gasteiger partial charge in [-0.05, 0) is 59.3 Å². The molecule has 22 heavy (non-hydrogen) atoms. The van der Waals surface area contributed by atoms with E-state index in [4.69, 9.17) is 0 Å². The van der Waals surface area contributed by atoms with Crippen LogP contribution in [-0.4, -0.2) is 28.3 Å². The molecule has 132 valence electrons. The number of hydrogen-bond donors (Lipinski definition) is 3. The van der Waals surface area contributed by atoms with Gasteiger partial charge >= 0.3 is 0 Å². The van der Waals surface area contributed by atoms with Crippen molar-refractivity contribution in [2.45, 2.75) is 104 Å². The zero-order valence-electron chi connectivity index (χ0n) is 15.8. The number of amides is 1. The number of nitrogens with one attached hydrogen (secondary N) is 2. The Kier molecular flexibility index (Phi) is 9.25. The first-order valence-corrected chi connectivity index (χ1v) is 8.74. The largest absolute Gasteiger partial charge is 0.379 e. The molecular formula is C18H38N2O2. The van der Waals surface area contributed by atoms with Crippen molar-refractivity contribution < 1.29 is 9.90 Å². The van der Waals surface area contributed by atoms with E-state index >= 15 is 0 Å². The predicted molar refractivity (Wildman–Crippen MR) is 93.7 cm³/mol. The second-order valence-corrected chi connectivity index (χ2v) is 8.21. The summed E-state index contributed by atoms with van der Waals surface area (Å²) in [4.78, 5) is 11.9. The molecule has 0 fully saturated rings. The Hall–Kier alpha value is -0.610. The Bertz CT molecular complexity index is 325. The van der Waals surface area contributed by atoms with Gasteiger partial charge in [0.25, 0.3) is 0 Å². The maximum absolute atomic E-state index is 11.9. The summed E-state index contributed by atoms with van der Waals surface area (Å²) in [6.45, 7) is 14.6. The Morgan fingerprint density at radius 2 is 1.64 bits per heavy atom. The van der Waals surface area contributed by atoms with Gasteiger partial charge in [-0.2, -0.15) is 0 Å². The van der Waals surface area contributed by atoms with Gasteiger partial charge in [-0.15, -0.1) is 0 Å². The van der Waals surface area contributed by atoms with Crippen LogP contribution in [0.4, 0.5) is 0 Å². The first-order chi connectivity index (χ1) is 9.97. The zero-order valence-corrected chi connectivity index (χ0v) is 15.8. The minimum absolute atomic E-state index is 0.137. The Balaban J connectivity index is 4.28. The van der Waals surface area contributed by atoms with Crippen LogP contribution in [0.15, 0.2) is 0 Å². The van der Waals surface area contributed by atoms with Gasteiger partial charge in [0.05, 0.1) is 0 Å². The standard InChI is InChI=1S/C18H38N2O2/c1-8-9-10-15(21)19-17(4,5)11-12-18(6,7)20-16(22)13-14(2)3/h14,16,20,22H,8-13H2,1-7H3,(H,19,21). The van der Waals surface area contributed by atoms with Gasteiger partial charge in [0.15, 0.2) is 0 Å². The number of aliphatic hydroxyl groups excluding tert-OH is 1. The number of carbonyl (C=O) groups is 1. The molecule has 1 amide bonds. The van der Waals surface area contributed by atoms with Crippen molar-refractivity contribution in [1.29, 1.82) is 0 Å². The van der Waals surface area contributed by atoms with E-state index in [1.807, 2.05) is 0 Å². The first-order valence-electron chi connectivity index (χ1n) is 8.74. The molecule has 0 aromatic carbocycles. The van der Waals surface area contributed by atoms with Gasteiger partial charge < -0.3 is 10.4 Å². The molecule has 1 unspecified atom stereocenters. The lowest BCUT2D eigenvalue weighted by atomic mass is 9.88. The molecule has 0 bridgehead atoms. The van der Waals surface area contributed by atoms with Crippen molar-refractivity contribution in [1.82, 2.24) is 10.6 Å². The highest BCUT2D eigenvalue weighted by Crippen LogP contribution is 2.20. The summed E-state index contributed by atoms with van der Waals surface area (Å²) < 4.78 is 0. The normalized spacial score (nSPS) is 14.2. The van der Waals surface area contributed by atoms with Crippen molar-refractivity contribution in [2.75, 3.05) is 0 Å². The van der Waals surface area contributed by atoms with Gasteiger partial charge in [-0.3, -0.25) is 10.1 Å². The smallest absolute Gasteiger partial charge is 0.220 e. The summed E-state index contributed by atoms with van der Waals surface area (Å²) >= 11 is 0. The second kappa shape index (κ2) is 9.51. The van der Waals surface area contributed by atoms with E-state index in [9.17, 15) is 9.90 Å². The SMILES string of the molecule is CCCCC(=O)NC(C)(C)CCC(C)(C)NC(O)CC(C)C. The lowest BCUT2D eigenvalue weighted by Crippen LogP contribution is -2.49. The van der Waals surface area contributed by atoms with Crippen molar-refractivity contribution in [3.8, 4) is 0 Å². The van der Waals surface area contributed by atoms with E-state index in [1.165, 1.54) is 0 Å². The number of carbonyl (C=O) groups excluding carboxylic acids is 1. The van der Waals surface area contributed by atoms with Crippen LogP contribution in [0, 0.1) is 5.92 Å². The average Bonchev–Trinajstić information content (AvgIpc) is 2.32. The van der Waals surface area contributed by atoms with Crippen LogP contribution in [0.3, 0.4) is 0 Å². The molecule has 0 rings (SSSR count). The van der Waals surface area contributed by atoms with Crippen LogP contribution in [-0.2, 0) is 4.79 Å². The molecule has 0 aromatic heterocycles. The van der Waals surface area contributed by atoms with E-state index in [0.717, 1.165) is 32.1 Å². The molecule has 4 nitrogen and oxygen atoms in total. The number of rotatable bonds is 11. The molecule has 1 atom stereocenters. The highest BCUT2D eigenvalue weighted by molar-refractivity contribution is 5.76. The topological polar surface area (TPSA) is 61.4 Å².